The van der Waals surface area contributed by atoms with Gasteiger partial charge in [0.05, 0.1) is 6.54 Å². The summed E-state index contributed by atoms with van der Waals surface area (Å²) in [4.78, 5) is 39.0. The van der Waals surface area contributed by atoms with Crippen molar-refractivity contribution in [2.45, 2.75) is 26.8 Å². The van der Waals surface area contributed by atoms with Gasteiger partial charge in [0.2, 0.25) is 11.8 Å². The largest absolute Gasteiger partial charge is 0.442 e. The second kappa shape index (κ2) is 9.69. The molecule has 1 N–H and O–H groups in total. The number of carbonyl (C=O) groups is 2. The Bertz CT molecular complexity index is 1070. The minimum atomic E-state index is -0.719. The van der Waals surface area contributed by atoms with Gasteiger partial charge in [0, 0.05) is 17.8 Å². The van der Waals surface area contributed by atoms with Crippen LogP contribution in [0, 0.1) is 6.92 Å². The molecule has 0 saturated heterocycles. The highest BCUT2D eigenvalue weighted by molar-refractivity contribution is 5.95. The summed E-state index contributed by atoms with van der Waals surface area (Å²) in [6.45, 7) is 3.83. The molecule has 0 bridgehead atoms. The fourth-order valence-electron chi connectivity index (χ4n) is 3.08. The number of aromatic nitrogens is 2. The Morgan fingerprint density at radius 2 is 1.80 bits per heavy atom. The molecule has 2 aromatic carbocycles. The zero-order valence-electron chi connectivity index (χ0n) is 17.0. The van der Waals surface area contributed by atoms with Gasteiger partial charge in [0.1, 0.15) is 6.54 Å². The standard InChI is InChI=1S/C22H24N4O4/c1-3-13-25(14-19(27)23-18-12-8-7-9-16(18)2)20(28)15-26-21(24-30-22(26)29)17-10-5-4-6-11-17/h4-12H,3,13-15H2,1-2H3,(H,23,27). The van der Waals surface area contributed by atoms with Gasteiger partial charge in [-0.25, -0.2) is 9.36 Å². The molecular weight excluding hydrogens is 384 g/mol. The predicted molar refractivity (Wildman–Crippen MR) is 113 cm³/mol. The molecule has 2 amide bonds. The van der Waals surface area contributed by atoms with Crippen LogP contribution in [0.1, 0.15) is 18.9 Å². The van der Waals surface area contributed by atoms with Crippen LogP contribution >= 0.6 is 0 Å². The van der Waals surface area contributed by atoms with Crippen molar-refractivity contribution >= 4 is 17.5 Å². The van der Waals surface area contributed by atoms with Gasteiger partial charge in [-0.15, -0.1) is 0 Å². The molecule has 8 heteroatoms. The number of nitrogens with one attached hydrogen (secondary N) is 1. The van der Waals surface area contributed by atoms with E-state index in [0.29, 0.717) is 24.2 Å². The predicted octanol–water partition coefficient (Wildman–Crippen LogP) is 2.69. The zero-order chi connectivity index (χ0) is 21.5. The topological polar surface area (TPSA) is 97.4 Å². The number of anilines is 1. The number of aryl methyl sites for hydroxylation is 1. The van der Waals surface area contributed by atoms with E-state index in [9.17, 15) is 14.4 Å². The van der Waals surface area contributed by atoms with Crippen molar-refractivity contribution < 1.29 is 14.1 Å². The summed E-state index contributed by atoms with van der Waals surface area (Å²) in [6.07, 6.45) is 0.674. The first kappa shape index (κ1) is 21.0. The van der Waals surface area contributed by atoms with E-state index in [1.165, 1.54) is 9.47 Å². The Labute approximate surface area is 174 Å². The molecule has 3 rings (SSSR count). The van der Waals surface area contributed by atoms with Gasteiger partial charge in [-0.05, 0) is 25.0 Å². The number of rotatable bonds is 8. The normalized spacial score (nSPS) is 10.6. The summed E-state index contributed by atoms with van der Waals surface area (Å²) in [6, 6.07) is 16.4. The lowest BCUT2D eigenvalue weighted by Crippen LogP contribution is -2.41. The van der Waals surface area contributed by atoms with Gasteiger partial charge in [-0.3, -0.25) is 14.1 Å². The average Bonchev–Trinajstić information content (AvgIpc) is 3.10. The number of hydrogen-bond donors (Lipinski definition) is 1. The third-order valence-corrected chi connectivity index (χ3v) is 4.61. The molecule has 156 valence electrons. The maximum atomic E-state index is 12.9. The number of para-hydroxylation sites is 1. The number of amides is 2. The molecule has 1 aromatic heterocycles. The molecule has 0 saturated carbocycles. The maximum Gasteiger partial charge on any atom is 0.442 e. The van der Waals surface area contributed by atoms with E-state index in [-0.39, 0.29) is 30.7 Å². The first-order valence-electron chi connectivity index (χ1n) is 9.74. The molecule has 8 nitrogen and oxygen atoms in total. The zero-order valence-corrected chi connectivity index (χ0v) is 17.0. The smallest absolute Gasteiger partial charge is 0.332 e. The van der Waals surface area contributed by atoms with Crippen molar-refractivity contribution in [2.24, 2.45) is 0 Å². The first-order chi connectivity index (χ1) is 14.5. The van der Waals surface area contributed by atoms with E-state index in [2.05, 4.69) is 10.5 Å². The molecule has 0 fully saturated rings. The summed E-state index contributed by atoms with van der Waals surface area (Å²) in [7, 11) is 0. The van der Waals surface area contributed by atoms with E-state index in [1.807, 2.05) is 44.2 Å². The lowest BCUT2D eigenvalue weighted by molar-refractivity contribution is -0.135. The Morgan fingerprint density at radius 3 is 2.50 bits per heavy atom. The maximum absolute atomic E-state index is 12.9. The van der Waals surface area contributed by atoms with Crippen molar-refractivity contribution in [3.05, 3.63) is 70.7 Å². The minimum absolute atomic E-state index is 0.109. The van der Waals surface area contributed by atoms with Crippen LogP contribution in [0.5, 0.6) is 0 Å². The summed E-state index contributed by atoms with van der Waals surface area (Å²) >= 11 is 0. The van der Waals surface area contributed by atoms with Gasteiger partial charge in [-0.1, -0.05) is 60.6 Å². The fourth-order valence-corrected chi connectivity index (χ4v) is 3.08. The number of carbonyl (C=O) groups excluding carboxylic acids is 2. The highest BCUT2D eigenvalue weighted by Gasteiger charge is 2.21. The molecule has 0 aliphatic heterocycles. The molecule has 0 atom stereocenters. The van der Waals surface area contributed by atoms with Crippen LogP contribution in [0.3, 0.4) is 0 Å². The average molecular weight is 408 g/mol. The van der Waals surface area contributed by atoms with Crippen LogP contribution in [-0.4, -0.2) is 39.5 Å². The van der Waals surface area contributed by atoms with Crippen LogP contribution in [0.2, 0.25) is 0 Å². The van der Waals surface area contributed by atoms with Gasteiger partial charge in [-0.2, -0.15) is 0 Å². The van der Waals surface area contributed by atoms with E-state index < -0.39 is 5.76 Å². The van der Waals surface area contributed by atoms with Crippen molar-refractivity contribution in [1.82, 2.24) is 14.6 Å². The Kier molecular flexibility index (Phi) is 6.79. The molecule has 0 unspecified atom stereocenters. The second-order valence-electron chi connectivity index (χ2n) is 6.90. The highest BCUT2D eigenvalue weighted by Crippen LogP contribution is 2.16. The van der Waals surface area contributed by atoms with E-state index in [1.54, 1.807) is 24.3 Å². The van der Waals surface area contributed by atoms with Gasteiger partial charge in [0.15, 0.2) is 5.82 Å². The summed E-state index contributed by atoms with van der Waals surface area (Å²) in [5, 5.41) is 6.63. The van der Waals surface area contributed by atoms with Crippen LogP contribution < -0.4 is 11.1 Å². The molecule has 0 aliphatic carbocycles. The van der Waals surface area contributed by atoms with Crippen molar-refractivity contribution in [3.63, 3.8) is 0 Å². The lowest BCUT2D eigenvalue weighted by atomic mass is 10.2. The second-order valence-corrected chi connectivity index (χ2v) is 6.90. The van der Waals surface area contributed by atoms with Crippen LogP contribution in [0.4, 0.5) is 5.69 Å². The summed E-state index contributed by atoms with van der Waals surface area (Å²) in [5.74, 6) is -1.11. The minimum Gasteiger partial charge on any atom is -0.332 e. The van der Waals surface area contributed by atoms with Crippen LogP contribution in [0.15, 0.2) is 63.9 Å². The molecular formula is C22H24N4O4. The van der Waals surface area contributed by atoms with Gasteiger partial charge in [0.25, 0.3) is 0 Å². The molecule has 3 aromatic rings. The van der Waals surface area contributed by atoms with Gasteiger partial charge < -0.3 is 10.2 Å². The number of nitrogens with zero attached hydrogens (tertiary/aromatic N) is 3. The number of hydrogen-bond acceptors (Lipinski definition) is 5. The lowest BCUT2D eigenvalue weighted by Gasteiger charge is -2.22. The molecule has 30 heavy (non-hydrogen) atoms. The first-order valence-corrected chi connectivity index (χ1v) is 9.74. The van der Waals surface area contributed by atoms with Crippen molar-refractivity contribution in [2.75, 3.05) is 18.4 Å². The SMILES string of the molecule is CCCN(CC(=O)Nc1ccccc1C)C(=O)Cn1c(-c2ccccc2)noc1=O. The Morgan fingerprint density at radius 1 is 1.10 bits per heavy atom. The van der Waals surface area contributed by atoms with Crippen molar-refractivity contribution in [3.8, 4) is 11.4 Å². The van der Waals surface area contributed by atoms with E-state index in [0.717, 1.165) is 5.56 Å². The van der Waals surface area contributed by atoms with E-state index >= 15 is 0 Å². The van der Waals surface area contributed by atoms with Crippen LogP contribution in [0.25, 0.3) is 11.4 Å². The van der Waals surface area contributed by atoms with Gasteiger partial charge >= 0.3 is 5.76 Å². The summed E-state index contributed by atoms with van der Waals surface area (Å²) in [5.41, 5.74) is 2.30. The molecule has 0 aliphatic rings. The third-order valence-electron chi connectivity index (χ3n) is 4.61. The summed E-state index contributed by atoms with van der Waals surface area (Å²) < 4.78 is 5.95. The Hall–Kier alpha value is -3.68. The number of benzene rings is 2. The molecule has 0 spiro atoms. The van der Waals surface area contributed by atoms with E-state index in [4.69, 9.17) is 4.52 Å². The highest BCUT2D eigenvalue weighted by atomic mass is 16.5. The molecule has 1 heterocycles. The fraction of sp³-hybridized carbons (Fsp3) is 0.273. The van der Waals surface area contributed by atoms with Crippen LogP contribution in [-0.2, 0) is 16.1 Å². The third kappa shape index (κ3) is 5.02. The van der Waals surface area contributed by atoms with Crippen molar-refractivity contribution in [1.29, 1.82) is 0 Å². The Balaban J connectivity index is 1.74. The monoisotopic (exact) mass is 408 g/mol. The quantitative estimate of drug-likeness (QED) is 0.618. The molecule has 0 radical (unpaired) electrons.